The van der Waals surface area contributed by atoms with Gasteiger partial charge in [-0.3, -0.25) is 0 Å². The Hall–Kier alpha value is -1.83. The highest BCUT2D eigenvalue weighted by molar-refractivity contribution is 5.44. The average molecular weight is 185 g/mol. The molecule has 1 aromatic rings. The molecule has 0 saturated heterocycles. The van der Waals surface area contributed by atoms with Gasteiger partial charge in [0.1, 0.15) is 0 Å². The molecule has 0 bridgehead atoms. The molecule has 0 amide bonds. The first-order valence-corrected chi connectivity index (χ1v) is 3.33. The van der Waals surface area contributed by atoms with Crippen LogP contribution in [0.2, 0.25) is 0 Å². The van der Waals surface area contributed by atoms with Gasteiger partial charge in [-0.25, -0.2) is 8.78 Å². The maximum Gasteiger partial charge on any atom is 0.197 e. The second-order valence-corrected chi connectivity index (χ2v) is 2.36. The minimum atomic E-state index is -1.17. The Bertz CT molecular complexity index is 385. The summed E-state index contributed by atoms with van der Waals surface area (Å²) in [6.45, 7) is 0. The summed E-state index contributed by atoms with van der Waals surface area (Å²) in [5.41, 5.74) is -0.282. The van der Waals surface area contributed by atoms with Crippen LogP contribution in [-0.4, -0.2) is 10.2 Å². The van der Waals surface area contributed by atoms with Crippen LogP contribution in [0, 0.1) is 23.0 Å². The molecule has 0 radical (unpaired) electrons. The molecular formula is C8H5F2NO2. The fraction of sp³-hybridized carbons (Fsp3) is 0.125. The lowest BCUT2D eigenvalue weighted by molar-refractivity contribution is 0.357. The maximum absolute atomic E-state index is 12.9. The van der Waals surface area contributed by atoms with Crippen molar-refractivity contribution in [2.45, 2.75) is 6.42 Å². The van der Waals surface area contributed by atoms with Gasteiger partial charge in [-0.05, 0) is 6.07 Å². The Morgan fingerprint density at radius 2 is 1.92 bits per heavy atom. The number of benzene rings is 1. The first kappa shape index (κ1) is 9.26. The van der Waals surface area contributed by atoms with Crippen molar-refractivity contribution in [1.29, 1.82) is 5.26 Å². The second-order valence-electron chi connectivity index (χ2n) is 2.36. The van der Waals surface area contributed by atoms with Crippen molar-refractivity contribution in [3.63, 3.8) is 0 Å². The van der Waals surface area contributed by atoms with Crippen LogP contribution in [0.5, 0.6) is 11.5 Å². The quantitative estimate of drug-likeness (QED) is 0.650. The highest BCUT2D eigenvalue weighted by Crippen LogP contribution is 2.32. The molecule has 0 aliphatic carbocycles. The number of phenols is 2. The molecule has 0 atom stereocenters. The molecule has 0 unspecified atom stereocenters. The van der Waals surface area contributed by atoms with E-state index in [0.717, 1.165) is 0 Å². The summed E-state index contributed by atoms with van der Waals surface area (Å²) in [7, 11) is 0. The second kappa shape index (κ2) is 3.27. The van der Waals surface area contributed by atoms with Gasteiger partial charge in [-0.2, -0.15) is 5.26 Å². The van der Waals surface area contributed by atoms with Gasteiger partial charge in [0.25, 0.3) is 0 Å². The van der Waals surface area contributed by atoms with Crippen molar-refractivity contribution in [3.05, 3.63) is 23.3 Å². The summed E-state index contributed by atoms with van der Waals surface area (Å²) in [6, 6.07) is 2.27. The standard InChI is InChI=1S/C8H5F2NO2/c9-5-3-4(1-2-11)6(10)8(13)7(5)12/h3,12-13H,1H2. The zero-order chi connectivity index (χ0) is 10.0. The molecule has 0 aromatic heterocycles. The van der Waals surface area contributed by atoms with Crippen LogP contribution in [0.25, 0.3) is 0 Å². The lowest BCUT2D eigenvalue weighted by atomic mass is 10.1. The maximum atomic E-state index is 12.9. The SMILES string of the molecule is N#CCc1cc(F)c(O)c(O)c1F. The summed E-state index contributed by atoms with van der Waals surface area (Å²) in [6.07, 6.45) is -0.364. The number of nitrogens with zero attached hydrogens (tertiary/aromatic N) is 1. The van der Waals surface area contributed by atoms with E-state index in [0.29, 0.717) is 6.07 Å². The summed E-state index contributed by atoms with van der Waals surface area (Å²) in [5, 5.41) is 25.8. The highest BCUT2D eigenvalue weighted by Gasteiger charge is 2.16. The van der Waals surface area contributed by atoms with Gasteiger partial charge >= 0.3 is 0 Å². The Labute approximate surface area is 72.5 Å². The normalized spacial score (nSPS) is 9.62. The first-order valence-electron chi connectivity index (χ1n) is 3.33. The van der Waals surface area contributed by atoms with E-state index in [-0.39, 0.29) is 12.0 Å². The van der Waals surface area contributed by atoms with Crippen molar-refractivity contribution in [2.75, 3.05) is 0 Å². The zero-order valence-electron chi connectivity index (χ0n) is 6.38. The van der Waals surface area contributed by atoms with Crippen LogP contribution in [0.3, 0.4) is 0 Å². The third-order valence-corrected chi connectivity index (χ3v) is 1.51. The van der Waals surface area contributed by atoms with Crippen LogP contribution in [0.15, 0.2) is 6.07 Å². The monoisotopic (exact) mass is 185 g/mol. The molecule has 13 heavy (non-hydrogen) atoms. The van der Waals surface area contributed by atoms with Crippen LogP contribution in [0.4, 0.5) is 8.78 Å². The Kier molecular flexibility index (Phi) is 2.33. The summed E-state index contributed by atoms with van der Waals surface area (Å²) in [5.74, 6) is -4.62. The smallest absolute Gasteiger partial charge is 0.197 e. The fourth-order valence-electron chi connectivity index (χ4n) is 0.868. The number of nitriles is 1. The van der Waals surface area contributed by atoms with Gasteiger partial charge in [-0.15, -0.1) is 0 Å². The zero-order valence-corrected chi connectivity index (χ0v) is 6.38. The van der Waals surface area contributed by atoms with Crippen molar-refractivity contribution < 1.29 is 19.0 Å². The first-order chi connectivity index (χ1) is 6.07. The van der Waals surface area contributed by atoms with Gasteiger partial charge in [0.2, 0.25) is 0 Å². The van der Waals surface area contributed by atoms with Crippen molar-refractivity contribution in [1.82, 2.24) is 0 Å². The van der Waals surface area contributed by atoms with E-state index < -0.39 is 23.1 Å². The molecule has 5 heteroatoms. The van der Waals surface area contributed by atoms with Gasteiger partial charge in [0.15, 0.2) is 23.1 Å². The van der Waals surface area contributed by atoms with Crippen molar-refractivity contribution >= 4 is 0 Å². The van der Waals surface area contributed by atoms with E-state index in [1.807, 2.05) is 0 Å². The van der Waals surface area contributed by atoms with Crippen molar-refractivity contribution in [3.8, 4) is 17.6 Å². The molecule has 3 nitrogen and oxygen atoms in total. The number of hydrogen-bond acceptors (Lipinski definition) is 3. The minimum Gasteiger partial charge on any atom is -0.502 e. The molecule has 0 spiro atoms. The number of hydrogen-bond donors (Lipinski definition) is 2. The largest absolute Gasteiger partial charge is 0.502 e. The lowest BCUT2D eigenvalue weighted by Gasteiger charge is -2.03. The molecular weight excluding hydrogens is 180 g/mol. The summed E-state index contributed by atoms with van der Waals surface area (Å²) < 4.78 is 25.6. The van der Waals surface area contributed by atoms with E-state index in [1.165, 1.54) is 0 Å². The molecule has 0 fully saturated rings. The van der Waals surface area contributed by atoms with E-state index in [1.54, 1.807) is 6.07 Å². The van der Waals surface area contributed by atoms with Crippen LogP contribution in [0.1, 0.15) is 5.56 Å². The van der Waals surface area contributed by atoms with E-state index in [4.69, 9.17) is 15.5 Å². The van der Waals surface area contributed by atoms with Crippen LogP contribution < -0.4 is 0 Å². The molecule has 0 aliphatic heterocycles. The van der Waals surface area contributed by atoms with Gasteiger partial charge in [0.05, 0.1) is 12.5 Å². The van der Waals surface area contributed by atoms with Gasteiger partial charge in [0, 0.05) is 5.56 Å². The number of halogens is 2. The Morgan fingerprint density at radius 3 is 2.46 bits per heavy atom. The average Bonchev–Trinajstić information content (AvgIpc) is 2.11. The summed E-state index contributed by atoms with van der Waals surface area (Å²) >= 11 is 0. The van der Waals surface area contributed by atoms with Crippen LogP contribution >= 0.6 is 0 Å². The molecule has 1 rings (SSSR count). The lowest BCUT2D eigenvalue weighted by Crippen LogP contribution is -1.92. The topological polar surface area (TPSA) is 64.2 Å². The third-order valence-electron chi connectivity index (χ3n) is 1.51. The number of aromatic hydroxyl groups is 2. The Morgan fingerprint density at radius 1 is 1.31 bits per heavy atom. The predicted molar refractivity (Wildman–Crippen MR) is 39.0 cm³/mol. The van der Waals surface area contributed by atoms with E-state index >= 15 is 0 Å². The molecule has 1 aromatic carbocycles. The van der Waals surface area contributed by atoms with Crippen LogP contribution in [-0.2, 0) is 6.42 Å². The molecule has 0 saturated carbocycles. The van der Waals surface area contributed by atoms with E-state index in [9.17, 15) is 8.78 Å². The predicted octanol–water partition coefficient (Wildman–Crippen LogP) is 1.44. The highest BCUT2D eigenvalue weighted by atomic mass is 19.1. The number of phenolic OH excluding ortho intramolecular Hbond substituents is 2. The molecule has 0 heterocycles. The number of rotatable bonds is 1. The van der Waals surface area contributed by atoms with Gasteiger partial charge in [-0.1, -0.05) is 0 Å². The minimum absolute atomic E-state index is 0.282. The third kappa shape index (κ3) is 1.51. The van der Waals surface area contributed by atoms with E-state index in [2.05, 4.69) is 0 Å². The Balaban J connectivity index is 3.34. The van der Waals surface area contributed by atoms with Crippen molar-refractivity contribution in [2.24, 2.45) is 0 Å². The van der Waals surface area contributed by atoms with Gasteiger partial charge < -0.3 is 10.2 Å². The molecule has 68 valence electrons. The molecule has 0 aliphatic rings. The molecule has 2 N–H and O–H groups in total. The fourth-order valence-corrected chi connectivity index (χ4v) is 0.868. The summed E-state index contributed by atoms with van der Waals surface area (Å²) in [4.78, 5) is 0.